The third kappa shape index (κ3) is 6.68. The van der Waals surface area contributed by atoms with Crippen LogP contribution in [0.1, 0.15) is 38.7 Å². The van der Waals surface area contributed by atoms with Crippen molar-refractivity contribution >= 4 is 11.6 Å². The Morgan fingerprint density at radius 3 is 2.50 bits per heavy atom. The van der Waals surface area contributed by atoms with Crippen molar-refractivity contribution in [3.63, 3.8) is 0 Å². The van der Waals surface area contributed by atoms with Crippen LogP contribution in [0.3, 0.4) is 0 Å². The number of amides is 1. The minimum absolute atomic E-state index is 0.0534. The SMILES string of the molecule is CCCC(CCO)CNCc1ccc(NC(C)=O)cc1. The molecule has 1 aromatic carbocycles. The highest BCUT2D eigenvalue weighted by atomic mass is 16.3. The summed E-state index contributed by atoms with van der Waals surface area (Å²) < 4.78 is 0. The van der Waals surface area contributed by atoms with Crippen molar-refractivity contribution in [3.8, 4) is 0 Å². The standard InChI is InChI=1S/C16H26N2O2/c1-3-4-14(9-10-19)11-17-12-15-5-7-16(8-6-15)18-13(2)20/h5-8,14,17,19H,3-4,9-12H2,1-2H3,(H,18,20). The molecular formula is C16H26N2O2. The summed E-state index contributed by atoms with van der Waals surface area (Å²) in [6, 6.07) is 7.85. The van der Waals surface area contributed by atoms with Crippen molar-refractivity contribution in [1.82, 2.24) is 5.32 Å². The summed E-state index contributed by atoms with van der Waals surface area (Å²) in [5, 5.41) is 15.2. The lowest BCUT2D eigenvalue weighted by Gasteiger charge is -2.15. The number of aliphatic hydroxyl groups excluding tert-OH is 1. The molecule has 0 saturated heterocycles. The molecule has 4 heteroatoms. The van der Waals surface area contributed by atoms with Gasteiger partial charge in [0.1, 0.15) is 0 Å². The zero-order chi connectivity index (χ0) is 14.8. The number of hydrogen-bond acceptors (Lipinski definition) is 3. The van der Waals surface area contributed by atoms with E-state index >= 15 is 0 Å². The Bertz CT molecular complexity index is 384. The molecule has 1 unspecified atom stereocenters. The summed E-state index contributed by atoms with van der Waals surface area (Å²) in [5.41, 5.74) is 2.02. The molecule has 0 aliphatic rings. The lowest BCUT2D eigenvalue weighted by atomic mass is 10.0. The molecule has 0 radical (unpaired) electrons. The molecule has 1 atom stereocenters. The average Bonchev–Trinajstić information content (AvgIpc) is 2.40. The zero-order valence-corrected chi connectivity index (χ0v) is 12.5. The van der Waals surface area contributed by atoms with E-state index in [-0.39, 0.29) is 12.5 Å². The number of anilines is 1. The predicted octanol–water partition coefficient (Wildman–Crippen LogP) is 2.53. The van der Waals surface area contributed by atoms with E-state index in [1.54, 1.807) is 0 Å². The molecule has 0 saturated carbocycles. The quantitative estimate of drug-likeness (QED) is 0.650. The first-order valence-corrected chi connectivity index (χ1v) is 7.33. The summed E-state index contributed by atoms with van der Waals surface area (Å²) in [4.78, 5) is 10.9. The minimum Gasteiger partial charge on any atom is -0.396 e. The van der Waals surface area contributed by atoms with Crippen LogP contribution in [0.2, 0.25) is 0 Å². The number of benzene rings is 1. The summed E-state index contributed by atoms with van der Waals surface area (Å²) in [7, 11) is 0. The first-order valence-electron chi connectivity index (χ1n) is 7.33. The van der Waals surface area contributed by atoms with Crippen LogP contribution in [0.5, 0.6) is 0 Å². The molecule has 3 N–H and O–H groups in total. The van der Waals surface area contributed by atoms with Crippen LogP contribution in [0, 0.1) is 5.92 Å². The number of aliphatic hydroxyl groups is 1. The summed E-state index contributed by atoms with van der Waals surface area (Å²) in [6.45, 7) is 5.68. The first-order chi connectivity index (χ1) is 9.65. The third-order valence-corrected chi connectivity index (χ3v) is 3.27. The molecule has 1 amide bonds. The fourth-order valence-electron chi connectivity index (χ4n) is 2.27. The number of rotatable bonds is 9. The van der Waals surface area contributed by atoms with Gasteiger partial charge in [-0.05, 0) is 43.0 Å². The molecule has 0 heterocycles. The highest BCUT2D eigenvalue weighted by Crippen LogP contribution is 2.11. The van der Waals surface area contributed by atoms with E-state index in [0.717, 1.165) is 38.0 Å². The van der Waals surface area contributed by atoms with Crippen molar-refractivity contribution in [3.05, 3.63) is 29.8 Å². The molecular weight excluding hydrogens is 252 g/mol. The molecule has 4 nitrogen and oxygen atoms in total. The third-order valence-electron chi connectivity index (χ3n) is 3.27. The lowest BCUT2D eigenvalue weighted by Crippen LogP contribution is -2.23. The summed E-state index contributed by atoms with van der Waals surface area (Å²) in [5.74, 6) is 0.492. The van der Waals surface area contributed by atoms with E-state index in [9.17, 15) is 4.79 Å². The largest absolute Gasteiger partial charge is 0.396 e. The number of carbonyl (C=O) groups is 1. The van der Waals surface area contributed by atoms with Crippen molar-refractivity contribution in [2.45, 2.75) is 39.7 Å². The fourth-order valence-corrected chi connectivity index (χ4v) is 2.27. The van der Waals surface area contributed by atoms with E-state index in [1.807, 2.05) is 24.3 Å². The van der Waals surface area contributed by atoms with Crippen LogP contribution in [0.15, 0.2) is 24.3 Å². The Morgan fingerprint density at radius 1 is 1.25 bits per heavy atom. The van der Waals surface area contributed by atoms with Gasteiger partial charge >= 0.3 is 0 Å². The van der Waals surface area contributed by atoms with Gasteiger partial charge < -0.3 is 15.7 Å². The molecule has 0 aliphatic carbocycles. The highest BCUT2D eigenvalue weighted by molar-refractivity contribution is 5.88. The minimum atomic E-state index is -0.0534. The van der Waals surface area contributed by atoms with Crippen molar-refractivity contribution in [1.29, 1.82) is 0 Å². The van der Waals surface area contributed by atoms with Gasteiger partial charge in [0.25, 0.3) is 0 Å². The molecule has 20 heavy (non-hydrogen) atoms. The Balaban J connectivity index is 2.35. The van der Waals surface area contributed by atoms with Gasteiger partial charge in [0.2, 0.25) is 5.91 Å². The predicted molar refractivity (Wildman–Crippen MR) is 82.6 cm³/mol. The molecule has 0 bridgehead atoms. The van der Waals surface area contributed by atoms with E-state index in [0.29, 0.717) is 5.92 Å². The first kappa shape index (κ1) is 16.7. The van der Waals surface area contributed by atoms with Crippen LogP contribution in [-0.2, 0) is 11.3 Å². The van der Waals surface area contributed by atoms with Gasteiger partial charge in [-0.2, -0.15) is 0 Å². The summed E-state index contributed by atoms with van der Waals surface area (Å²) >= 11 is 0. The second-order valence-corrected chi connectivity index (χ2v) is 5.18. The van der Waals surface area contributed by atoms with Gasteiger partial charge in [-0.1, -0.05) is 25.5 Å². The van der Waals surface area contributed by atoms with Crippen LogP contribution in [-0.4, -0.2) is 24.2 Å². The summed E-state index contributed by atoms with van der Waals surface area (Å²) in [6.07, 6.45) is 3.16. The Labute approximate surface area is 121 Å². The Kier molecular flexibility index (Phi) is 7.92. The van der Waals surface area contributed by atoms with E-state index < -0.39 is 0 Å². The van der Waals surface area contributed by atoms with E-state index in [2.05, 4.69) is 17.6 Å². The molecule has 0 aromatic heterocycles. The maximum Gasteiger partial charge on any atom is 0.221 e. The van der Waals surface area contributed by atoms with Crippen LogP contribution in [0.4, 0.5) is 5.69 Å². The van der Waals surface area contributed by atoms with Crippen LogP contribution < -0.4 is 10.6 Å². The molecule has 0 fully saturated rings. The number of nitrogens with one attached hydrogen (secondary N) is 2. The second kappa shape index (κ2) is 9.50. The van der Waals surface area contributed by atoms with Gasteiger partial charge in [0.15, 0.2) is 0 Å². The van der Waals surface area contributed by atoms with Crippen LogP contribution in [0.25, 0.3) is 0 Å². The molecule has 1 rings (SSSR count). The molecule has 112 valence electrons. The van der Waals surface area contributed by atoms with E-state index in [1.165, 1.54) is 12.5 Å². The Hall–Kier alpha value is -1.39. The van der Waals surface area contributed by atoms with Gasteiger partial charge in [-0.3, -0.25) is 4.79 Å². The second-order valence-electron chi connectivity index (χ2n) is 5.18. The number of hydrogen-bond donors (Lipinski definition) is 3. The van der Waals surface area contributed by atoms with Crippen molar-refractivity contribution < 1.29 is 9.90 Å². The molecule has 1 aromatic rings. The smallest absolute Gasteiger partial charge is 0.221 e. The maximum absolute atomic E-state index is 10.9. The van der Waals surface area contributed by atoms with Gasteiger partial charge in [-0.15, -0.1) is 0 Å². The highest BCUT2D eigenvalue weighted by Gasteiger charge is 2.06. The van der Waals surface area contributed by atoms with Gasteiger partial charge in [0.05, 0.1) is 0 Å². The average molecular weight is 278 g/mol. The molecule has 0 aliphatic heterocycles. The van der Waals surface area contributed by atoms with Crippen molar-refractivity contribution in [2.24, 2.45) is 5.92 Å². The maximum atomic E-state index is 10.9. The monoisotopic (exact) mass is 278 g/mol. The van der Waals surface area contributed by atoms with Gasteiger partial charge in [-0.25, -0.2) is 0 Å². The Morgan fingerprint density at radius 2 is 1.95 bits per heavy atom. The molecule has 0 spiro atoms. The normalized spacial score (nSPS) is 12.2. The van der Waals surface area contributed by atoms with Gasteiger partial charge in [0, 0.05) is 25.8 Å². The number of carbonyl (C=O) groups excluding carboxylic acids is 1. The fraction of sp³-hybridized carbons (Fsp3) is 0.562. The van der Waals surface area contributed by atoms with Crippen molar-refractivity contribution in [2.75, 3.05) is 18.5 Å². The zero-order valence-electron chi connectivity index (χ0n) is 12.5. The van der Waals surface area contributed by atoms with E-state index in [4.69, 9.17) is 5.11 Å². The topological polar surface area (TPSA) is 61.4 Å². The van der Waals surface area contributed by atoms with Crippen LogP contribution >= 0.6 is 0 Å². The lowest BCUT2D eigenvalue weighted by molar-refractivity contribution is -0.114.